The Kier molecular flexibility index (Phi) is 4.61. The molecule has 18 heavy (non-hydrogen) atoms. The Bertz CT molecular complexity index is 363. The molecule has 0 bridgehead atoms. The van der Waals surface area contributed by atoms with E-state index in [0.29, 0.717) is 12.1 Å². The molecule has 1 aromatic carbocycles. The maximum atomic E-state index is 5.88. The van der Waals surface area contributed by atoms with E-state index in [1.807, 2.05) is 12.1 Å². The van der Waals surface area contributed by atoms with Crippen LogP contribution in [0, 0.1) is 0 Å². The Labute approximate surface area is 110 Å². The Hall–Kier alpha value is -1.06. The molecule has 1 aliphatic heterocycles. The Morgan fingerprint density at radius 3 is 2.67 bits per heavy atom. The lowest BCUT2D eigenvalue weighted by Crippen LogP contribution is -2.38. The van der Waals surface area contributed by atoms with Crippen LogP contribution in [0.2, 0.25) is 0 Å². The molecule has 0 radical (unpaired) electrons. The van der Waals surface area contributed by atoms with Crippen molar-refractivity contribution in [2.24, 2.45) is 5.73 Å². The van der Waals surface area contributed by atoms with Crippen LogP contribution in [0.25, 0.3) is 0 Å². The van der Waals surface area contributed by atoms with Crippen LogP contribution in [-0.2, 0) is 0 Å². The quantitative estimate of drug-likeness (QED) is 0.870. The molecule has 0 amide bonds. The Morgan fingerprint density at radius 1 is 1.39 bits per heavy atom. The van der Waals surface area contributed by atoms with Gasteiger partial charge in [0.15, 0.2) is 0 Å². The summed E-state index contributed by atoms with van der Waals surface area (Å²) in [6, 6.07) is 9.50. The van der Waals surface area contributed by atoms with E-state index in [0.717, 1.165) is 18.7 Å². The number of benzene rings is 1. The highest BCUT2D eigenvalue weighted by molar-refractivity contribution is 5.29. The summed E-state index contributed by atoms with van der Waals surface area (Å²) in [7, 11) is 1.71. The van der Waals surface area contributed by atoms with E-state index in [1.165, 1.54) is 24.9 Å². The van der Waals surface area contributed by atoms with Gasteiger partial charge >= 0.3 is 0 Å². The molecule has 2 unspecified atom stereocenters. The van der Waals surface area contributed by atoms with Gasteiger partial charge in [0.2, 0.25) is 0 Å². The topological polar surface area (TPSA) is 38.5 Å². The summed E-state index contributed by atoms with van der Waals surface area (Å²) < 4.78 is 5.22. The maximum Gasteiger partial charge on any atom is 0.118 e. The SMILES string of the molecule is CCC(c1ccc(OC)cc1)N1CCCC1CN. The molecule has 2 atom stereocenters. The van der Waals surface area contributed by atoms with Crippen molar-refractivity contribution in [1.29, 1.82) is 0 Å². The van der Waals surface area contributed by atoms with Crippen molar-refractivity contribution in [3.63, 3.8) is 0 Å². The Morgan fingerprint density at radius 2 is 2.11 bits per heavy atom. The number of likely N-dealkylation sites (tertiary alicyclic amines) is 1. The standard InChI is InChI=1S/C15H24N2O/c1-3-15(17-10-4-5-13(17)11-16)12-6-8-14(18-2)9-7-12/h6-9,13,15H,3-5,10-11,16H2,1-2H3. The van der Waals surface area contributed by atoms with Crippen molar-refractivity contribution < 1.29 is 4.74 Å². The molecule has 1 aromatic rings. The highest BCUT2D eigenvalue weighted by atomic mass is 16.5. The van der Waals surface area contributed by atoms with Crippen molar-refractivity contribution >= 4 is 0 Å². The lowest BCUT2D eigenvalue weighted by atomic mass is 10.0. The molecule has 0 saturated carbocycles. The first-order valence-corrected chi connectivity index (χ1v) is 6.90. The van der Waals surface area contributed by atoms with Gasteiger partial charge in [-0.2, -0.15) is 0 Å². The van der Waals surface area contributed by atoms with Crippen molar-refractivity contribution in [3.8, 4) is 5.75 Å². The normalized spacial score (nSPS) is 22.1. The smallest absolute Gasteiger partial charge is 0.118 e. The molecule has 1 heterocycles. The van der Waals surface area contributed by atoms with Crippen LogP contribution in [0.1, 0.15) is 37.8 Å². The van der Waals surface area contributed by atoms with Crippen LogP contribution < -0.4 is 10.5 Å². The minimum atomic E-state index is 0.493. The number of ether oxygens (including phenoxy) is 1. The largest absolute Gasteiger partial charge is 0.497 e. The fourth-order valence-corrected chi connectivity index (χ4v) is 3.01. The number of hydrogen-bond donors (Lipinski definition) is 1. The van der Waals surface area contributed by atoms with E-state index in [9.17, 15) is 0 Å². The predicted octanol–water partition coefficient (Wildman–Crippen LogP) is 2.57. The van der Waals surface area contributed by atoms with Gasteiger partial charge < -0.3 is 10.5 Å². The van der Waals surface area contributed by atoms with E-state index in [-0.39, 0.29) is 0 Å². The molecule has 2 N–H and O–H groups in total. The van der Waals surface area contributed by atoms with Crippen molar-refractivity contribution in [2.45, 2.75) is 38.3 Å². The van der Waals surface area contributed by atoms with Gasteiger partial charge in [-0.15, -0.1) is 0 Å². The summed E-state index contributed by atoms with van der Waals surface area (Å²) in [6.45, 7) is 4.19. The van der Waals surface area contributed by atoms with Gasteiger partial charge in [-0.3, -0.25) is 4.90 Å². The van der Waals surface area contributed by atoms with Gasteiger partial charge in [0.25, 0.3) is 0 Å². The zero-order valence-corrected chi connectivity index (χ0v) is 11.4. The fourth-order valence-electron chi connectivity index (χ4n) is 3.01. The average Bonchev–Trinajstić information content (AvgIpc) is 2.89. The molecule has 1 saturated heterocycles. The highest BCUT2D eigenvalue weighted by Crippen LogP contribution is 2.32. The average molecular weight is 248 g/mol. The summed E-state index contributed by atoms with van der Waals surface area (Å²) in [5.74, 6) is 0.922. The second kappa shape index (κ2) is 6.21. The van der Waals surface area contributed by atoms with Gasteiger partial charge in [-0.05, 0) is 43.5 Å². The van der Waals surface area contributed by atoms with Gasteiger partial charge in [0.1, 0.15) is 5.75 Å². The monoisotopic (exact) mass is 248 g/mol. The van der Waals surface area contributed by atoms with Crippen LogP contribution in [-0.4, -0.2) is 31.1 Å². The minimum absolute atomic E-state index is 0.493. The number of hydrogen-bond acceptors (Lipinski definition) is 3. The summed E-state index contributed by atoms with van der Waals surface area (Å²) in [5.41, 5.74) is 7.25. The molecule has 1 fully saturated rings. The molecular formula is C15H24N2O. The molecular weight excluding hydrogens is 224 g/mol. The highest BCUT2D eigenvalue weighted by Gasteiger charge is 2.29. The minimum Gasteiger partial charge on any atom is -0.497 e. The third-order valence-corrected chi connectivity index (χ3v) is 3.98. The molecule has 0 aliphatic carbocycles. The van der Waals surface area contributed by atoms with E-state index in [2.05, 4.69) is 24.0 Å². The first kappa shape index (κ1) is 13.4. The number of rotatable bonds is 5. The first-order chi connectivity index (χ1) is 8.80. The van der Waals surface area contributed by atoms with Crippen molar-refractivity contribution in [1.82, 2.24) is 4.90 Å². The van der Waals surface area contributed by atoms with Crippen molar-refractivity contribution in [2.75, 3.05) is 20.2 Å². The number of nitrogens with zero attached hydrogens (tertiary/aromatic N) is 1. The molecule has 0 spiro atoms. The van der Waals surface area contributed by atoms with E-state index in [4.69, 9.17) is 10.5 Å². The molecule has 3 nitrogen and oxygen atoms in total. The molecule has 3 heteroatoms. The fraction of sp³-hybridized carbons (Fsp3) is 0.600. The summed E-state index contributed by atoms with van der Waals surface area (Å²) in [4.78, 5) is 2.57. The zero-order valence-electron chi connectivity index (χ0n) is 11.4. The molecule has 100 valence electrons. The molecule has 0 aromatic heterocycles. The van der Waals surface area contributed by atoms with Crippen LogP contribution in [0.5, 0.6) is 5.75 Å². The number of nitrogens with two attached hydrogens (primary N) is 1. The maximum absolute atomic E-state index is 5.88. The predicted molar refractivity (Wildman–Crippen MR) is 74.8 cm³/mol. The lowest BCUT2D eigenvalue weighted by Gasteiger charge is -2.32. The summed E-state index contributed by atoms with van der Waals surface area (Å²) >= 11 is 0. The van der Waals surface area contributed by atoms with Crippen molar-refractivity contribution in [3.05, 3.63) is 29.8 Å². The Balaban J connectivity index is 2.16. The van der Waals surface area contributed by atoms with Gasteiger partial charge in [0, 0.05) is 18.6 Å². The third-order valence-electron chi connectivity index (χ3n) is 3.98. The van der Waals surface area contributed by atoms with Gasteiger partial charge in [-0.1, -0.05) is 19.1 Å². The second-order valence-corrected chi connectivity index (χ2v) is 4.97. The van der Waals surface area contributed by atoms with Crippen LogP contribution >= 0.6 is 0 Å². The van der Waals surface area contributed by atoms with E-state index >= 15 is 0 Å². The molecule has 1 aliphatic rings. The summed E-state index contributed by atoms with van der Waals surface area (Å²) in [6.07, 6.45) is 3.64. The van der Waals surface area contributed by atoms with E-state index in [1.54, 1.807) is 7.11 Å². The third kappa shape index (κ3) is 2.68. The van der Waals surface area contributed by atoms with Crippen LogP contribution in [0.3, 0.4) is 0 Å². The van der Waals surface area contributed by atoms with Gasteiger partial charge in [0.05, 0.1) is 7.11 Å². The zero-order chi connectivity index (χ0) is 13.0. The number of methoxy groups -OCH3 is 1. The molecule has 2 rings (SSSR count). The van der Waals surface area contributed by atoms with Crippen LogP contribution in [0.4, 0.5) is 0 Å². The summed E-state index contributed by atoms with van der Waals surface area (Å²) in [5, 5.41) is 0. The first-order valence-electron chi connectivity index (χ1n) is 6.90. The van der Waals surface area contributed by atoms with E-state index < -0.39 is 0 Å². The van der Waals surface area contributed by atoms with Crippen LogP contribution in [0.15, 0.2) is 24.3 Å². The van der Waals surface area contributed by atoms with Gasteiger partial charge in [-0.25, -0.2) is 0 Å². The second-order valence-electron chi connectivity index (χ2n) is 4.97. The lowest BCUT2D eigenvalue weighted by molar-refractivity contribution is 0.179.